The van der Waals surface area contributed by atoms with Gasteiger partial charge in [0.1, 0.15) is 16.7 Å². The average molecular weight is 556 g/mol. The van der Waals surface area contributed by atoms with E-state index >= 15 is 0 Å². The third-order valence-corrected chi connectivity index (χ3v) is 7.37. The van der Waals surface area contributed by atoms with Gasteiger partial charge in [-0.2, -0.15) is 0 Å². The number of rotatable bonds is 13. The second kappa shape index (κ2) is 14.7. The van der Waals surface area contributed by atoms with Crippen LogP contribution in [-0.4, -0.2) is 71.8 Å². The van der Waals surface area contributed by atoms with Gasteiger partial charge in [0, 0.05) is 25.2 Å². The van der Waals surface area contributed by atoms with Crippen molar-refractivity contribution in [3.63, 3.8) is 0 Å². The highest BCUT2D eigenvalue weighted by Crippen LogP contribution is 2.33. The van der Waals surface area contributed by atoms with Gasteiger partial charge in [0.15, 0.2) is 0 Å². The number of hydrogen-bond donors (Lipinski definition) is 1. The van der Waals surface area contributed by atoms with Gasteiger partial charge in [0.25, 0.3) is 5.91 Å². The van der Waals surface area contributed by atoms with Crippen LogP contribution in [0, 0.1) is 0 Å². The number of anilines is 1. The molecule has 1 aliphatic heterocycles. The monoisotopic (exact) mass is 555 g/mol. The molecule has 0 bridgehead atoms. The first-order chi connectivity index (χ1) is 18.3. The first-order valence-electron chi connectivity index (χ1n) is 12.5. The molecule has 0 atom stereocenters. The van der Waals surface area contributed by atoms with Crippen LogP contribution in [-0.2, 0) is 14.3 Å². The first kappa shape index (κ1) is 29.3. The Morgan fingerprint density at radius 1 is 1.13 bits per heavy atom. The van der Waals surface area contributed by atoms with E-state index in [1.165, 1.54) is 16.7 Å². The lowest BCUT2D eigenvalue weighted by Crippen LogP contribution is -2.29. The Labute approximate surface area is 233 Å². The maximum atomic E-state index is 12.8. The number of ether oxygens (including phenoxy) is 2. The standard InChI is InChI=1S/C28H33N3O5S2/c1-4-30(5-2)16-17-36-27(34)21-11-13-22(14-12-21)29-25(32)10-7-15-31-26(33)24(38-28(31)37)19-20-8-6-9-23(18-20)35-3/h6,8-9,11-14,18-19H,4-5,7,10,15-17H2,1-3H3,(H,29,32)/b24-19-. The third-order valence-electron chi connectivity index (χ3n) is 5.99. The van der Waals surface area contributed by atoms with Gasteiger partial charge < -0.3 is 19.7 Å². The van der Waals surface area contributed by atoms with Crippen molar-refractivity contribution in [2.24, 2.45) is 0 Å². The number of nitrogens with one attached hydrogen (secondary N) is 1. The van der Waals surface area contributed by atoms with Crippen LogP contribution in [0.5, 0.6) is 5.75 Å². The largest absolute Gasteiger partial charge is 0.497 e. The van der Waals surface area contributed by atoms with Crippen LogP contribution in [0.15, 0.2) is 53.4 Å². The molecule has 38 heavy (non-hydrogen) atoms. The highest BCUT2D eigenvalue weighted by molar-refractivity contribution is 8.26. The van der Waals surface area contributed by atoms with Crippen molar-refractivity contribution < 1.29 is 23.9 Å². The van der Waals surface area contributed by atoms with Crippen LogP contribution in [0.1, 0.15) is 42.6 Å². The SMILES string of the molecule is CCN(CC)CCOC(=O)c1ccc(NC(=O)CCCN2C(=O)/C(=C/c3cccc(OC)c3)SC2=S)cc1. The highest BCUT2D eigenvalue weighted by atomic mass is 32.2. The molecule has 1 heterocycles. The molecule has 0 aliphatic carbocycles. The normalized spacial score (nSPS) is 14.3. The summed E-state index contributed by atoms with van der Waals surface area (Å²) in [5, 5.41) is 2.82. The maximum Gasteiger partial charge on any atom is 0.338 e. The van der Waals surface area contributed by atoms with Crippen molar-refractivity contribution >= 4 is 57.8 Å². The molecule has 8 nitrogen and oxygen atoms in total. The number of likely N-dealkylation sites (N-methyl/N-ethyl adjacent to an activating group) is 1. The number of carbonyl (C=O) groups is 3. The van der Waals surface area contributed by atoms with E-state index in [0.29, 0.717) is 52.3 Å². The summed E-state index contributed by atoms with van der Waals surface area (Å²) in [7, 11) is 1.59. The van der Waals surface area contributed by atoms with Crippen molar-refractivity contribution in [2.75, 3.05) is 45.2 Å². The van der Waals surface area contributed by atoms with Crippen molar-refractivity contribution in [3.05, 3.63) is 64.6 Å². The second-order valence-corrected chi connectivity index (χ2v) is 10.2. The number of carbonyl (C=O) groups excluding carboxylic acids is 3. The predicted octanol–water partition coefficient (Wildman–Crippen LogP) is 4.81. The predicted molar refractivity (Wildman–Crippen MR) is 155 cm³/mol. The lowest BCUT2D eigenvalue weighted by atomic mass is 10.2. The Morgan fingerprint density at radius 3 is 2.55 bits per heavy atom. The average Bonchev–Trinajstić information content (AvgIpc) is 3.18. The molecule has 1 saturated heterocycles. The fourth-order valence-electron chi connectivity index (χ4n) is 3.78. The Kier molecular flexibility index (Phi) is 11.3. The Morgan fingerprint density at radius 2 is 1.87 bits per heavy atom. The lowest BCUT2D eigenvalue weighted by Gasteiger charge is -2.17. The van der Waals surface area contributed by atoms with E-state index in [0.717, 1.165) is 18.7 Å². The minimum absolute atomic E-state index is 0.164. The number of amides is 2. The molecule has 2 amide bonds. The zero-order chi connectivity index (χ0) is 27.5. The van der Waals surface area contributed by atoms with Crippen LogP contribution in [0.3, 0.4) is 0 Å². The van der Waals surface area contributed by atoms with Crippen LogP contribution in [0.25, 0.3) is 6.08 Å². The van der Waals surface area contributed by atoms with Gasteiger partial charge in [-0.05, 0) is 67.5 Å². The van der Waals surface area contributed by atoms with Crippen LogP contribution in [0.4, 0.5) is 5.69 Å². The molecular formula is C28H33N3O5S2. The Balaban J connectivity index is 1.43. The number of esters is 1. The second-order valence-electron chi connectivity index (χ2n) is 8.50. The highest BCUT2D eigenvalue weighted by Gasteiger charge is 2.31. The van der Waals surface area contributed by atoms with E-state index < -0.39 is 0 Å². The van der Waals surface area contributed by atoms with Crippen LogP contribution >= 0.6 is 24.0 Å². The molecule has 1 fully saturated rings. The number of methoxy groups -OCH3 is 1. The summed E-state index contributed by atoms with van der Waals surface area (Å²) in [5.41, 5.74) is 1.86. The van der Waals surface area contributed by atoms with Crippen molar-refractivity contribution in [1.82, 2.24) is 9.80 Å². The Bertz CT molecular complexity index is 1180. The van der Waals surface area contributed by atoms with E-state index in [9.17, 15) is 14.4 Å². The summed E-state index contributed by atoms with van der Waals surface area (Å²) >= 11 is 6.64. The molecule has 1 aliphatic rings. The van der Waals surface area contributed by atoms with Gasteiger partial charge in [-0.1, -0.05) is 50.0 Å². The fraction of sp³-hybridized carbons (Fsp3) is 0.357. The number of hydrogen-bond acceptors (Lipinski definition) is 8. The Hall–Kier alpha value is -3.21. The van der Waals surface area contributed by atoms with E-state index in [1.807, 2.05) is 24.3 Å². The summed E-state index contributed by atoms with van der Waals surface area (Å²) in [5.74, 6) is -0.0284. The topological polar surface area (TPSA) is 88.2 Å². The number of benzene rings is 2. The molecule has 3 rings (SSSR count). The number of nitrogens with zero attached hydrogens (tertiary/aromatic N) is 2. The van der Waals surface area contributed by atoms with E-state index in [1.54, 1.807) is 37.5 Å². The molecular weight excluding hydrogens is 522 g/mol. The summed E-state index contributed by atoms with van der Waals surface area (Å²) in [6.45, 7) is 7.33. The van der Waals surface area contributed by atoms with Gasteiger partial charge in [-0.25, -0.2) is 4.79 Å². The fourth-order valence-corrected chi connectivity index (χ4v) is 5.09. The molecule has 0 spiro atoms. The molecule has 0 radical (unpaired) electrons. The van der Waals surface area contributed by atoms with Gasteiger partial charge in [-0.15, -0.1) is 0 Å². The molecule has 1 N–H and O–H groups in total. The number of thiocarbonyl (C=S) groups is 1. The van der Waals surface area contributed by atoms with Crippen LogP contribution in [0.2, 0.25) is 0 Å². The summed E-state index contributed by atoms with van der Waals surface area (Å²) in [6.07, 6.45) is 2.47. The van der Waals surface area contributed by atoms with E-state index in [4.69, 9.17) is 21.7 Å². The molecule has 202 valence electrons. The number of thioether (sulfide) groups is 1. The van der Waals surface area contributed by atoms with E-state index in [-0.39, 0.29) is 24.2 Å². The van der Waals surface area contributed by atoms with Gasteiger partial charge in [0.2, 0.25) is 5.91 Å². The molecule has 0 aromatic heterocycles. The molecule has 2 aromatic rings. The van der Waals surface area contributed by atoms with Crippen molar-refractivity contribution in [3.8, 4) is 5.75 Å². The maximum absolute atomic E-state index is 12.8. The zero-order valence-electron chi connectivity index (χ0n) is 21.9. The minimum atomic E-state index is -0.390. The van der Waals surface area contributed by atoms with Crippen LogP contribution < -0.4 is 10.1 Å². The lowest BCUT2D eigenvalue weighted by molar-refractivity contribution is -0.122. The van der Waals surface area contributed by atoms with Gasteiger partial charge in [0.05, 0.1) is 17.6 Å². The molecule has 0 unspecified atom stereocenters. The first-order valence-corrected chi connectivity index (χ1v) is 13.8. The van der Waals surface area contributed by atoms with E-state index in [2.05, 4.69) is 24.1 Å². The zero-order valence-corrected chi connectivity index (χ0v) is 23.5. The summed E-state index contributed by atoms with van der Waals surface area (Å²) in [6, 6.07) is 14.0. The van der Waals surface area contributed by atoms with Gasteiger partial charge in [-0.3, -0.25) is 14.5 Å². The smallest absolute Gasteiger partial charge is 0.338 e. The third kappa shape index (κ3) is 8.41. The molecule has 0 saturated carbocycles. The molecule has 10 heteroatoms. The minimum Gasteiger partial charge on any atom is -0.497 e. The summed E-state index contributed by atoms with van der Waals surface area (Å²) < 4.78 is 11.0. The molecule has 2 aromatic carbocycles. The van der Waals surface area contributed by atoms with Gasteiger partial charge >= 0.3 is 5.97 Å². The van der Waals surface area contributed by atoms with Crippen molar-refractivity contribution in [1.29, 1.82) is 0 Å². The quantitative estimate of drug-likeness (QED) is 0.214. The van der Waals surface area contributed by atoms with Crippen molar-refractivity contribution in [2.45, 2.75) is 26.7 Å². The summed E-state index contributed by atoms with van der Waals surface area (Å²) in [4.78, 5) is 41.7.